The van der Waals surface area contributed by atoms with Gasteiger partial charge in [-0.25, -0.2) is 0 Å². The van der Waals surface area contributed by atoms with Crippen molar-refractivity contribution in [3.63, 3.8) is 0 Å². The van der Waals surface area contributed by atoms with Crippen LogP contribution in [0.2, 0.25) is 0 Å². The average Bonchev–Trinajstić information content (AvgIpc) is 2.38. The molecule has 2 rings (SSSR count). The second kappa shape index (κ2) is 5.63. The molecule has 16 heavy (non-hydrogen) atoms. The van der Waals surface area contributed by atoms with E-state index in [0.29, 0.717) is 6.54 Å². The summed E-state index contributed by atoms with van der Waals surface area (Å²) < 4.78 is 0. The molecule has 2 N–H and O–H groups in total. The summed E-state index contributed by atoms with van der Waals surface area (Å²) in [6.07, 6.45) is 5.37. The Morgan fingerprint density at radius 1 is 1.12 bits per heavy atom. The highest BCUT2D eigenvalue weighted by molar-refractivity contribution is 7.99. The molecule has 0 aliphatic rings. The molecule has 1 unspecified atom stereocenters. The highest BCUT2D eigenvalue weighted by Crippen LogP contribution is 2.32. The first kappa shape index (κ1) is 11.1. The van der Waals surface area contributed by atoms with E-state index in [2.05, 4.69) is 9.97 Å². The first-order valence-electron chi connectivity index (χ1n) is 5.08. The molecular formula is C12H13N3S. The summed E-state index contributed by atoms with van der Waals surface area (Å²) in [7, 11) is 0. The number of nitrogens with zero attached hydrogens (tertiary/aromatic N) is 2. The van der Waals surface area contributed by atoms with E-state index < -0.39 is 0 Å². The third kappa shape index (κ3) is 2.81. The topological polar surface area (TPSA) is 51.8 Å². The smallest absolute Gasteiger partial charge is 0.0639 e. The van der Waals surface area contributed by atoms with E-state index in [9.17, 15) is 0 Å². The van der Waals surface area contributed by atoms with Crippen LogP contribution in [0.4, 0.5) is 0 Å². The predicted octanol–water partition coefficient (Wildman–Crippen LogP) is 2.27. The van der Waals surface area contributed by atoms with Crippen LogP contribution in [0.15, 0.2) is 53.8 Å². The summed E-state index contributed by atoms with van der Waals surface area (Å²) in [6, 6.07) is 9.87. The van der Waals surface area contributed by atoms with Crippen molar-refractivity contribution in [2.24, 2.45) is 5.73 Å². The van der Waals surface area contributed by atoms with Gasteiger partial charge in [0.1, 0.15) is 0 Å². The molecule has 0 spiro atoms. The number of hydrogen-bond donors (Lipinski definition) is 1. The fraction of sp³-hybridized carbons (Fsp3) is 0.167. The molecule has 0 aromatic carbocycles. The minimum Gasteiger partial charge on any atom is -0.329 e. The van der Waals surface area contributed by atoms with Crippen molar-refractivity contribution in [1.82, 2.24) is 9.97 Å². The van der Waals surface area contributed by atoms with E-state index in [0.717, 1.165) is 10.6 Å². The fourth-order valence-corrected chi connectivity index (χ4v) is 2.34. The van der Waals surface area contributed by atoms with Crippen molar-refractivity contribution in [2.75, 3.05) is 6.54 Å². The Bertz CT molecular complexity index is 419. The van der Waals surface area contributed by atoms with Gasteiger partial charge < -0.3 is 5.73 Å². The zero-order valence-corrected chi connectivity index (χ0v) is 9.60. The number of aromatic nitrogens is 2. The number of thioether (sulfide) groups is 1. The molecule has 0 amide bonds. The first-order chi connectivity index (χ1) is 7.90. The summed E-state index contributed by atoms with van der Waals surface area (Å²) in [6.45, 7) is 0.573. The Labute approximate surface area is 99.1 Å². The Hall–Kier alpha value is -1.39. The molecule has 0 aliphatic heterocycles. The highest BCUT2D eigenvalue weighted by atomic mass is 32.2. The Morgan fingerprint density at radius 2 is 1.94 bits per heavy atom. The lowest BCUT2D eigenvalue weighted by Crippen LogP contribution is -2.10. The van der Waals surface area contributed by atoms with Crippen molar-refractivity contribution < 1.29 is 0 Å². The maximum atomic E-state index is 5.78. The van der Waals surface area contributed by atoms with E-state index in [1.807, 2.05) is 30.3 Å². The van der Waals surface area contributed by atoms with Crippen LogP contribution >= 0.6 is 11.8 Å². The molecule has 4 heteroatoms. The Morgan fingerprint density at radius 3 is 2.56 bits per heavy atom. The minimum absolute atomic E-state index is 0.198. The number of rotatable bonds is 4. The lowest BCUT2D eigenvalue weighted by atomic mass is 10.3. The highest BCUT2D eigenvalue weighted by Gasteiger charge is 2.11. The number of pyridine rings is 2. The van der Waals surface area contributed by atoms with Crippen LogP contribution in [0.3, 0.4) is 0 Å². The van der Waals surface area contributed by atoms with Crippen molar-refractivity contribution in [3.05, 3.63) is 54.6 Å². The van der Waals surface area contributed by atoms with Crippen LogP contribution < -0.4 is 5.73 Å². The maximum Gasteiger partial charge on any atom is 0.0639 e. The normalized spacial score (nSPS) is 12.3. The Kier molecular flexibility index (Phi) is 3.91. The molecule has 82 valence electrons. The lowest BCUT2D eigenvalue weighted by molar-refractivity contribution is 0.898. The van der Waals surface area contributed by atoms with Gasteiger partial charge >= 0.3 is 0 Å². The van der Waals surface area contributed by atoms with Gasteiger partial charge in [0, 0.05) is 30.0 Å². The van der Waals surface area contributed by atoms with Gasteiger partial charge in [-0.2, -0.15) is 0 Å². The van der Waals surface area contributed by atoms with Gasteiger partial charge in [0.15, 0.2) is 0 Å². The molecule has 0 bridgehead atoms. The largest absolute Gasteiger partial charge is 0.329 e. The predicted molar refractivity (Wildman–Crippen MR) is 66.1 cm³/mol. The van der Waals surface area contributed by atoms with E-state index in [1.54, 1.807) is 30.4 Å². The maximum absolute atomic E-state index is 5.78. The third-order valence-electron chi connectivity index (χ3n) is 2.16. The fourth-order valence-electron chi connectivity index (χ4n) is 1.38. The van der Waals surface area contributed by atoms with Gasteiger partial charge in [-0.1, -0.05) is 6.07 Å². The van der Waals surface area contributed by atoms with Gasteiger partial charge in [0.25, 0.3) is 0 Å². The summed E-state index contributed by atoms with van der Waals surface area (Å²) in [5.74, 6) is 0. The van der Waals surface area contributed by atoms with Crippen molar-refractivity contribution >= 4 is 11.8 Å². The van der Waals surface area contributed by atoms with E-state index in [1.165, 1.54) is 0 Å². The number of nitrogens with two attached hydrogens (primary N) is 1. The summed E-state index contributed by atoms with van der Waals surface area (Å²) in [5.41, 5.74) is 6.80. The SMILES string of the molecule is NCC(Sc1ccncc1)c1ccccn1. The lowest BCUT2D eigenvalue weighted by Gasteiger charge is -2.13. The van der Waals surface area contributed by atoms with Gasteiger partial charge in [-0.15, -0.1) is 11.8 Å². The molecule has 0 radical (unpaired) electrons. The zero-order valence-electron chi connectivity index (χ0n) is 8.78. The molecule has 2 heterocycles. The number of hydrogen-bond acceptors (Lipinski definition) is 4. The summed E-state index contributed by atoms with van der Waals surface area (Å²) in [5, 5.41) is 0.198. The molecule has 3 nitrogen and oxygen atoms in total. The van der Waals surface area contributed by atoms with Crippen molar-refractivity contribution in [2.45, 2.75) is 10.1 Å². The molecule has 2 aromatic heterocycles. The van der Waals surface area contributed by atoms with Gasteiger partial charge in [0.05, 0.1) is 10.9 Å². The van der Waals surface area contributed by atoms with Crippen LogP contribution in [0.25, 0.3) is 0 Å². The van der Waals surface area contributed by atoms with Crippen LogP contribution in [0.5, 0.6) is 0 Å². The van der Waals surface area contributed by atoms with Gasteiger partial charge in [-0.05, 0) is 24.3 Å². The quantitative estimate of drug-likeness (QED) is 0.820. The van der Waals surface area contributed by atoms with Crippen LogP contribution in [0, 0.1) is 0 Å². The summed E-state index contributed by atoms with van der Waals surface area (Å²) in [4.78, 5) is 9.48. The molecule has 0 fully saturated rings. The van der Waals surface area contributed by atoms with Crippen molar-refractivity contribution in [1.29, 1.82) is 0 Å². The molecule has 0 saturated carbocycles. The second-order valence-electron chi connectivity index (χ2n) is 3.28. The van der Waals surface area contributed by atoms with Crippen LogP contribution in [-0.4, -0.2) is 16.5 Å². The van der Waals surface area contributed by atoms with Crippen LogP contribution in [-0.2, 0) is 0 Å². The van der Waals surface area contributed by atoms with Crippen molar-refractivity contribution in [3.8, 4) is 0 Å². The van der Waals surface area contributed by atoms with Gasteiger partial charge in [0.2, 0.25) is 0 Å². The summed E-state index contributed by atoms with van der Waals surface area (Å²) >= 11 is 1.71. The van der Waals surface area contributed by atoms with Gasteiger partial charge in [-0.3, -0.25) is 9.97 Å². The first-order valence-corrected chi connectivity index (χ1v) is 5.96. The third-order valence-corrected chi connectivity index (χ3v) is 3.42. The van der Waals surface area contributed by atoms with E-state index >= 15 is 0 Å². The Balaban J connectivity index is 2.13. The average molecular weight is 231 g/mol. The molecular weight excluding hydrogens is 218 g/mol. The monoisotopic (exact) mass is 231 g/mol. The second-order valence-corrected chi connectivity index (χ2v) is 4.56. The van der Waals surface area contributed by atoms with E-state index in [-0.39, 0.29) is 5.25 Å². The minimum atomic E-state index is 0.198. The zero-order chi connectivity index (χ0) is 11.2. The van der Waals surface area contributed by atoms with Crippen LogP contribution in [0.1, 0.15) is 10.9 Å². The molecule has 1 atom stereocenters. The molecule has 0 aliphatic carbocycles. The van der Waals surface area contributed by atoms with E-state index in [4.69, 9.17) is 5.73 Å². The molecule has 0 saturated heterocycles. The standard InChI is InChI=1S/C12H13N3S/c13-9-12(11-3-1-2-6-15-11)16-10-4-7-14-8-5-10/h1-8,12H,9,13H2. The molecule has 2 aromatic rings.